The minimum Gasteiger partial charge on any atom is -0.316 e. The molecule has 2 nitrogen and oxygen atoms in total. The van der Waals surface area contributed by atoms with Gasteiger partial charge >= 0.3 is 0 Å². The van der Waals surface area contributed by atoms with Crippen molar-refractivity contribution in [3.63, 3.8) is 0 Å². The largest absolute Gasteiger partial charge is 0.316 e. The Hall–Kier alpha value is -0.840. The van der Waals surface area contributed by atoms with Gasteiger partial charge in [0.1, 0.15) is 5.03 Å². The van der Waals surface area contributed by atoms with Gasteiger partial charge in [0, 0.05) is 12.7 Å². The molecule has 0 aliphatic heterocycles. The van der Waals surface area contributed by atoms with Crippen molar-refractivity contribution in [2.45, 2.75) is 22.7 Å². The van der Waals surface area contributed by atoms with E-state index in [0.717, 1.165) is 11.6 Å². The number of aromatic nitrogens is 1. The van der Waals surface area contributed by atoms with Crippen LogP contribution < -0.4 is 5.32 Å². The number of thiophene rings is 1. The lowest BCUT2D eigenvalue weighted by atomic mass is 10.2. The summed E-state index contributed by atoms with van der Waals surface area (Å²) in [7, 11) is 1.95. The molecule has 0 aliphatic rings. The lowest BCUT2D eigenvalue weighted by Crippen LogP contribution is -2.05. The second kappa shape index (κ2) is 5.48. The highest BCUT2D eigenvalue weighted by Gasteiger charge is 2.04. The van der Waals surface area contributed by atoms with E-state index in [2.05, 4.69) is 40.8 Å². The highest BCUT2D eigenvalue weighted by atomic mass is 32.2. The molecule has 0 amide bonds. The zero-order valence-corrected chi connectivity index (χ0v) is 11.0. The van der Waals surface area contributed by atoms with Gasteiger partial charge in [-0.15, -0.1) is 11.3 Å². The number of rotatable bonds is 4. The van der Waals surface area contributed by atoms with Crippen molar-refractivity contribution in [1.29, 1.82) is 0 Å². The van der Waals surface area contributed by atoms with Crippen LogP contribution in [0, 0.1) is 6.92 Å². The van der Waals surface area contributed by atoms with Crippen LogP contribution in [-0.4, -0.2) is 12.0 Å². The van der Waals surface area contributed by atoms with Gasteiger partial charge in [-0.05, 0) is 36.5 Å². The average molecular weight is 250 g/mol. The molecule has 0 saturated carbocycles. The molecule has 0 bridgehead atoms. The molecule has 2 rings (SSSR count). The maximum atomic E-state index is 4.50. The average Bonchev–Trinajstić information content (AvgIpc) is 2.75. The number of pyridine rings is 1. The molecular weight excluding hydrogens is 236 g/mol. The van der Waals surface area contributed by atoms with Crippen molar-refractivity contribution in [1.82, 2.24) is 10.3 Å². The SMILES string of the molecule is CNCc1cnc(Sc2cccs2)c(C)c1. The highest BCUT2D eigenvalue weighted by molar-refractivity contribution is 8.01. The van der Waals surface area contributed by atoms with Gasteiger partial charge < -0.3 is 5.32 Å². The Bertz CT molecular complexity index is 452. The monoisotopic (exact) mass is 250 g/mol. The van der Waals surface area contributed by atoms with Crippen molar-refractivity contribution in [3.8, 4) is 0 Å². The van der Waals surface area contributed by atoms with E-state index in [4.69, 9.17) is 0 Å². The Balaban J connectivity index is 2.16. The standard InChI is InChI=1S/C12H14N2S2/c1-9-6-10(7-13-2)8-14-12(9)16-11-4-3-5-15-11/h3-6,8,13H,7H2,1-2H3. The van der Waals surface area contributed by atoms with E-state index in [1.807, 2.05) is 13.2 Å². The van der Waals surface area contributed by atoms with Crippen LogP contribution in [0.1, 0.15) is 11.1 Å². The summed E-state index contributed by atoms with van der Waals surface area (Å²) < 4.78 is 1.29. The van der Waals surface area contributed by atoms with E-state index in [-0.39, 0.29) is 0 Å². The Morgan fingerprint density at radius 1 is 1.50 bits per heavy atom. The molecule has 0 unspecified atom stereocenters. The Kier molecular flexibility index (Phi) is 3.98. The molecule has 0 radical (unpaired) electrons. The van der Waals surface area contributed by atoms with Gasteiger partial charge in [-0.3, -0.25) is 0 Å². The number of hydrogen-bond donors (Lipinski definition) is 1. The van der Waals surface area contributed by atoms with Crippen LogP contribution in [0.4, 0.5) is 0 Å². The summed E-state index contributed by atoms with van der Waals surface area (Å²) in [5.41, 5.74) is 2.47. The summed E-state index contributed by atoms with van der Waals surface area (Å²) in [5, 5.41) is 6.32. The molecule has 16 heavy (non-hydrogen) atoms. The molecule has 0 spiro atoms. The fourth-order valence-electron chi connectivity index (χ4n) is 1.44. The van der Waals surface area contributed by atoms with Gasteiger partial charge in [-0.25, -0.2) is 4.98 Å². The molecule has 1 N–H and O–H groups in total. The van der Waals surface area contributed by atoms with E-state index < -0.39 is 0 Å². The third kappa shape index (κ3) is 2.84. The van der Waals surface area contributed by atoms with Gasteiger partial charge in [-0.2, -0.15) is 0 Å². The molecule has 0 atom stereocenters. The van der Waals surface area contributed by atoms with Crippen LogP contribution in [0.2, 0.25) is 0 Å². The normalized spacial score (nSPS) is 10.6. The third-order valence-electron chi connectivity index (χ3n) is 2.16. The molecule has 2 heterocycles. The van der Waals surface area contributed by atoms with Crippen LogP contribution in [0.3, 0.4) is 0 Å². The minimum absolute atomic E-state index is 0.873. The molecular formula is C12H14N2S2. The fourth-order valence-corrected chi connectivity index (χ4v) is 3.15. The summed E-state index contributed by atoms with van der Waals surface area (Å²) in [4.78, 5) is 4.50. The van der Waals surface area contributed by atoms with Gasteiger partial charge in [0.2, 0.25) is 0 Å². The van der Waals surface area contributed by atoms with Crippen LogP contribution in [0.15, 0.2) is 39.0 Å². The number of nitrogens with one attached hydrogen (secondary N) is 1. The van der Waals surface area contributed by atoms with Crippen LogP contribution >= 0.6 is 23.1 Å². The van der Waals surface area contributed by atoms with Gasteiger partial charge in [0.25, 0.3) is 0 Å². The Morgan fingerprint density at radius 2 is 2.38 bits per heavy atom. The molecule has 84 valence electrons. The smallest absolute Gasteiger partial charge is 0.104 e. The van der Waals surface area contributed by atoms with Crippen molar-refractivity contribution < 1.29 is 0 Å². The number of aryl methyl sites for hydroxylation is 1. The summed E-state index contributed by atoms with van der Waals surface area (Å²) in [6.45, 7) is 2.99. The van der Waals surface area contributed by atoms with Crippen LogP contribution in [0.5, 0.6) is 0 Å². The second-order valence-corrected chi connectivity index (χ2v) is 5.77. The van der Waals surface area contributed by atoms with E-state index in [9.17, 15) is 0 Å². The zero-order valence-electron chi connectivity index (χ0n) is 9.36. The first kappa shape index (κ1) is 11.6. The molecule has 0 aromatic carbocycles. The lowest BCUT2D eigenvalue weighted by molar-refractivity contribution is 0.807. The van der Waals surface area contributed by atoms with Crippen molar-refractivity contribution in [2.75, 3.05) is 7.05 Å². The topological polar surface area (TPSA) is 24.9 Å². The van der Waals surface area contributed by atoms with E-state index in [1.165, 1.54) is 15.3 Å². The first-order valence-corrected chi connectivity index (χ1v) is 6.80. The summed E-state index contributed by atoms with van der Waals surface area (Å²) in [5.74, 6) is 0. The predicted molar refractivity (Wildman–Crippen MR) is 70.2 cm³/mol. The number of nitrogens with zero attached hydrogens (tertiary/aromatic N) is 1. The van der Waals surface area contributed by atoms with E-state index in [1.54, 1.807) is 23.1 Å². The third-order valence-corrected chi connectivity index (χ3v) is 4.32. The predicted octanol–water partition coefficient (Wildman–Crippen LogP) is 3.32. The maximum Gasteiger partial charge on any atom is 0.104 e. The zero-order chi connectivity index (χ0) is 11.4. The lowest BCUT2D eigenvalue weighted by Gasteiger charge is -2.05. The Labute approximate surface area is 104 Å². The summed E-state index contributed by atoms with van der Waals surface area (Å²) >= 11 is 3.49. The highest BCUT2D eigenvalue weighted by Crippen LogP contribution is 2.31. The molecule has 2 aromatic heterocycles. The maximum absolute atomic E-state index is 4.50. The van der Waals surface area contributed by atoms with Gasteiger partial charge in [0.15, 0.2) is 0 Å². The molecule has 0 saturated heterocycles. The molecule has 2 aromatic rings. The fraction of sp³-hybridized carbons (Fsp3) is 0.250. The van der Waals surface area contributed by atoms with E-state index in [0.29, 0.717) is 0 Å². The van der Waals surface area contributed by atoms with Crippen molar-refractivity contribution in [2.24, 2.45) is 0 Å². The Morgan fingerprint density at radius 3 is 3.00 bits per heavy atom. The summed E-state index contributed by atoms with van der Waals surface area (Å²) in [6.07, 6.45) is 1.94. The van der Waals surface area contributed by atoms with E-state index >= 15 is 0 Å². The first-order chi connectivity index (χ1) is 7.79. The quantitative estimate of drug-likeness (QED) is 0.901. The number of hydrogen-bond acceptors (Lipinski definition) is 4. The molecule has 0 aliphatic carbocycles. The second-order valence-electron chi connectivity index (χ2n) is 3.53. The van der Waals surface area contributed by atoms with Crippen LogP contribution in [-0.2, 0) is 6.54 Å². The van der Waals surface area contributed by atoms with Gasteiger partial charge in [-0.1, -0.05) is 23.9 Å². The molecule has 4 heteroatoms. The minimum atomic E-state index is 0.873. The summed E-state index contributed by atoms with van der Waals surface area (Å²) in [6, 6.07) is 6.38. The van der Waals surface area contributed by atoms with Gasteiger partial charge in [0.05, 0.1) is 4.21 Å². The van der Waals surface area contributed by atoms with Crippen molar-refractivity contribution >= 4 is 23.1 Å². The first-order valence-electron chi connectivity index (χ1n) is 5.11. The van der Waals surface area contributed by atoms with Crippen molar-refractivity contribution in [3.05, 3.63) is 40.9 Å². The molecule has 0 fully saturated rings. The van der Waals surface area contributed by atoms with Crippen LogP contribution in [0.25, 0.3) is 0 Å².